The van der Waals surface area contributed by atoms with E-state index in [9.17, 15) is 67.7 Å². The van der Waals surface area contributed by atoms with Crippen LogP contribution in [0.2, 0.25) is 0 Å². The van der Waals surface area contributed by atoms with Crippen LogP contribution in [0.15, 0.2) is 12.5 Å². The van der Waals surface area contributed by atoms with Crippen molar-refractivity contribution in [1.29, 1.82) is 10.8 Å². The van der Waals surface area contributed by atoms with E-state index in [0.29, 0.717) is 31.4 Å². The number of nitrogens with one attached hydrogen (secondary N) is 14. The van der Waals surface area contributed by atoms with E-state index >= 15 is 0 Å². The molecule has 1 aromatic heterocycles. The predicted molar refractivity (Wildman–Crippen MR) is 346 cm³/mol. The lowest BCUT2D eigenvalue weighted by Gasteiger charge is -2.35. The maximum absolute atomic E-state index is 14.7. The molecule has 35 nitrogen and oxygen atoms in total. The second-order valence-electron chi connectivity index (χ2n) is 22.8. The van der Waals surface area contributed by atoms with E-state index in [0.717, 1.165) is 0 Å². The Balaban J connectivity index is 1.78. The summed E-state index contributed by atoms with van der Waals surface area (Å²) in [6, 6.07) is -14.6. The smallest absolute Gasteiger partial charge is 0.246 e. The minimum Gasteiger partial charge on any atom is -0.394 e. The largest absolute Gasteiger partial charge is 0.394 e. The number of aliphatic hydroxyl groups excluding tert-OH is 2. The lowest BCUT2D eigenvalue weighted by molar-refractivity contribution is -0.149. The van der Waals surface area contributed by atoms with Gasteiger partial charge in [0.1, 0.15) is 60.4 Å². The minimum atomic E-state index is -1.75. The zero-order valence-electron chi connectivity index (χ0n) is 53.1. The molecule has 2 aliphatic heterocycles. The molecule has 13 atom stereocenters. The number of H-pyrrole nitrogens is 1. The summed E-state index contributed by atoms with van der Waals surface area (Å²) < 4.78 is 0. The van der Waals surface area contributed by atoms with Crippen LogP contribution >= 0.6 is 25.3 Å². The van der Waals surface area contributed by atoms with Gasteiger partial charge >= 0.3 is 0 Å². The van der Waals surface area contributed by atoms with Gasteiger partial charge in [-0.3, -0.25) is 68.4 Å². The van der Waals surface area contributed by atoms with Gasteiger partial charge < -0.3 is 106 Å². The number of nitrogens with zero attached hydrogens (tertiary/aromatic N) is 3. The molecule has 37 heteroatoms. The summed E-state index contributed by atoms with van der Waals surface area (Å²) in [6.07, 6.45) is 3.86. The number of hydrogen-bond acceptors (Lipinski definition) is 21. The quantitative estimate of drug-likeness (QED) is 0.0125. The van der Waals surface area contributed by atoms with Gasteiger partial charge in [-0.25, -0.2) is 4.98 Å². The number of hydrogen-bond donors (Lipinski definition) is 22. The van der Waals surface area contributed by atoms with Crippen molar-refractivity contribution in [1.82, 2.24) is 78.3 Å². The summed E-state index contributed by atoms with van der Waals surface area (Å²) in [4.78, 5) is 174. The van der Waals surface area contributed by atoms with Crippen molar-refractivity contribution in [3.05, 3.63) is 18.2 Å². The van der Waals surface area contributed by atoms with E-state index < -0.39 is 157 Å². The van der Waals surface area contributed by atoms with Crippen molar-refractivity contribution in [2.24, 2.45) is 28.9 Å². The van der Waals surface area contributed by atoms with E-state index in [4.69, 9.17) is 33.8 Å². The molecular weight excluding hydrogens is 1250 g/mol. The Morgan fingerprint density at radius 3 is 1.60 bits per heavy atom. The molecule has 1 aromatic rings. The van der Waals surface area contributed by atoms with E-state index in [-0.39, 0.29) is 120 Å². The molecular formula is C56H97N21O14S2. The number of likely N-dealkylation sites (tertiary alicyclic amines) is 2. The van der Waals surface area contributed by atoms with Gasteiger partial charge in [0, 0.05) is 50.3 Å². The van der Waals surface area contributed by atoms with Crippen LogP contribution in [0.5, 0.6) is 0 Å². The third kappa shape index (κ3) is 25.9. The van der Waals surface area contributed by atoms with Crippen LogP contribution in [0, 0.1) is 16.7 Å². The Kier molecular flexibility index (Phi) is 35.0. The standard InChI is InChI=1S/C56H97N21O14S2/c1-5-29(2)43(74-48(85)37(25-78)71-46(83)34(12-6-7-17-57)69-52(89)44(31(4)80)75-50(87)39(27-93)73-45(82)33(67-42(81)23-58)13-8-18-64-55(59)60)54(91)77-21-11-16-41(77)53(90)76-20-10-15-40(76)51(88)68-35(14-9-19-65-56(61)62)47(84)72-38(26-92)49(86)70-36(30(3)79)22-32-24-63-28-66-32/h24,28-29,31,33-41,43-44,78,80,92-93H,5-23,25-27,57-58H2,1-4H3,(H,63,66)(H,67,81)(H,68,88)(H,69,89)(H,70,86)(H,71,83)(H,72,84)(H,73,82)(H,74,85)(H,75,87)(H4,59,60,64)(H4,61,62,65)/t29-,31+,33-,34?,35-,36?,37-,38-,39?,40-,41-,43-,44-/m0/s1. The van der Waals surface area contributed by atoms with E-state index in [2.05, 4.69) is 93.7 Å². The minimum absolute atomic E-state index is 0.0162. The molecule has 0 radical (unpaired) electrons. The number of nitrogens with two attached hydrogens (primary N) is 4. The van der Waals surface area contributed by atoms with Crippen LogP contribution in [0.3, 0.4) is 0 Å². The molecule has 2 fully saturated rings. The first-order valence-corrected chi connectivity index (χ1v) is 32.3. The molecule has 0 bridgehead atoms. The number of carbonyl (C=O) groups is 12. The fourth-order valence-electron chi connectivity index (χ4n) is 10.3. The summed E-state index contributed by atoms with van der Waals surface area (Å²) in [7, 11) is 0. The molecule has 0 spiro atoms. The molecule has 3 unspecified atom stereocenters. The third-order valence-corrected chi connectivity index (χ3v) is 16.5. The zero-order chi connectivity index (χ0) is 69.5. The first-order chi connectivity index (χ1) is 44.2. The Morgan fingerprint density at radius 1 is 0.634 bits per heavy atom. The molecule has 3 heterocycles. The molecule has 0 aromatic carbocycles. The Labute approximate surface area is 550 Å². The Bertz CT molecular complexity index is 2720. The van der Waals surface area contributed by atoms with Crippen LogP contribution in [-0.2, 0) is 64.0 Å². The van der Waals surface area contributed by atoms with Crippen molar-refractivity contribution in [3.63, 3.8) is 0 Å². The summed E-state index contributed by atoms with van der Waals surface area (Å²) in [5.74, 6) is -11.1. The maximum Gasteiger partial charge on any atom is 0.246 e. The number of carbonyl (C=O) groups excluding carboxylic acids is 12. The number of aliphatic hydroxyl groups is 2. The molecule has 522 valence electrons. The highest BCUT2D eigenvalue weighted by atomic mass is 32.1. The third-order valence-electron chi connectivity index (χ3n) is 15.7. The van der Waals surface area contributed by atoms with Gasteiger partial charge in [0.15, 0.2) is 17.7 Å². The molecule has 0 saturated carbocycles. The molecule has 2 saturated heterocycles. The topological polar surface area (TPSA) is 565 Å². The van der Waals surface area contributed by atoms with E-state index in [1.807, 2.05) is 0 Å². The second-order valence-corrected chi connectivity index (χ2v) is 23.6. The fraction of sp³-hybridized carbons (Fsp3) is 0.696. The van der Waals surface area contributed by atoms with Gasteiger partial charge in [0.25, 0.3) is 0 Å². The molecule has 11 amide bonds. The zero-order valence-corrected chi connectivity index (χ0v) is 54.8. The normalized spacial score (nSPS) is 18.0. The van der Waals surface area contributed by atoms with Gasteiger partial charge in [-0.05, 0) is 96.9 Å². The average Bonchev–Trinajstić information content (AvgIpc) is 1.71. The summed E-state index contributed by atoms with van der Waals surface area (Å²) in [5.41, 5.74) is 22.4. The number of aromatic amines is 1. The number of Topliss-reactive ketones (excluding diaryl/α,β-unsaturated/α-hetero) is 1. The first-order valence-electron chi connectivity index (χ1n) is 31.0. The van der Waals surface area contributed by atoms with Crippen molar-refractivity contribution < 1.29 is 67.7 Å². The lowest BCUT2D eigenvalue weighted by atomic mass is 9.96. The van der Waals surface area contributed by atoms with Crippen molar-refractivity contribution >= 4 is 108 Å². The van der Waals surface area contributed by atoms with E-state index in [1.165, 1.54) is 30.0 Å². The maximum atomic E-state index is 14.7. The van der Waals surface area contributed by atoms with Gasteiger partial charge in [0.2, 0.25) is 65.0 Å². The number of rotatable bonds is 41. The van der Waals surface area contributed by atoms with Crippen molar-refractivity contribution in [2.45, 2.75) is 184 Å². The van der Waals surface area contributed by atoms with Crippen LogP contribution in [-0.4, -0.2) is 243 Å². The van der Waals surface area contributed by atoms with Gasteiger partial charge in [-0.15, -0.1) is 0 Å². The predicted octanol–water partition coefficient (Wildman–Crippen LogP) is -7.22. The molecule has 93 heavy (non-hydrogen) atoms. The van der Waals surface area contributed by atoms with Gasteiger partial charge in [0.05, 0.1) is 37.3 Å². The van der Waals surface area contributed by atoms with Crippen molar-refractivity contribution in [2.75, 3.05) is 57.4 Å². The van der Waals surface area contributed by atoms with Crippen molar-refractivity contribution in [3.8, 4) is 0 Å². The number of unbranched alkanes of at least 4 members (excludes halogenated alkanes) is 1. The highest BCUT2D eigenvalue weighted by molar-refractivity contribution is 7.80. The van der Waals surface area contributed by atoms with Crippen LogP contribution in [0.1, 0.15) is 110 Å². The number of thiol groups is 2. The molecule has 0 aliphatic carbocycles. The molecule has 24 N–H and O–H groups in total. The summed E-state index contributed by atoms with van der Waals surface area (Å²) >= 11 is 8.45. The molecule has 2 aliphatic rings. The number of imidazole rings is 1. The summed E-state index contributed by atoms with van der Waals surface area (Å²) in [5, 5.41) is 64.2. The number of guanidine groups is 2. The van der Waals surface area contributed by atoms with Gasteiger partial charge in [-0.1, -0.05) is 20.3 Å². The monoisotopic (exact) mass is 1350 g/mol. The highest BCUT2D eigenvalue weighted by Crippen LogP contribution is 2.27. The highest BCUT2D eigenvalue weighted by Gasteiger charge is 2.45. The van der Waals surface area contributed by atoms with Crippen LogP contribution in [0.25, 0.3) is 0 Å². The first kappa shape index (κ1) is 79.4. The molecule has 3 rings (SSSR count). The Morgan fingerprint density at radius 2 is 1.11 bits per heavy atom. The van der Waals surface area contributed by atoms with Gasteiger partial charge in [-0.2, -0.15) is 25.3 Å². The number of amides is 11. The van der Waals surface area contributed by atoms with Crippen LogP contribution < -0.4 is 81.4 Å². The number of ketones is 1. The average molecular weight is 1350 g/mol. The number of aromatic nitrogens is 2. The van der Waals surface area contributed by atoms with Crippen LogP contribution in [0.4, 0.5) is 0 Å². The lowest BCUT2D eigenvalue weighted by Crippen LogP contribution is -2.62. The van der Waals surface area contributed by atoms with E-state index in [1.54, 1.807) is 20.0 Å². The Hall–Kier alpha value is -7.87. The fourth-order valence-corrected chi connectivity index (χ4v) is 10.8. The SMILES string of the molecule is CC[C@H](C)[C@H](NC(=O)[C@H](CO)NC(=O)C(CCCCN)NC(=O)[C@@H](NC(=O)C(CS)NC(=O)[C@H](CCCNC(=N)N)NC(=O)CN)[C@@H](C)O)C(=O)N1CCC[C@H]1C(=O)N1CCC[C@H]1C(=O)N[C@@H](CCCNC(=N)N)C(=O)N[C@@H](CS)C(=O)NC(Cc1c[nH]cn1)C(C)=O. The summed E-state index contributed by atoms with van der Waals surface area (Å²) in [6.45, 7) is 5.12. The second kappa shape index (κ2) is 41.0.